The maximum Gasteiger partial charge on any atom is 0.511 e. The quantitative estimate of drug-likeness (QED) is 0.313. The number of carbonyl (C=O) groups is 1. The van der Waals surface area contributed by atoms with E-state index in [1.54, 1.807) is 0 Å². The average molecular weight is 389 g/mol. The molecule has 1 N–H and O–H groups in total. The smallest absolute Gasteiger partial charge is 0.449 e. The van der Waals surface area contributed by atoms with Gasteiger partial charge in [-0.15, -0.1) is 0 Å². The summed E-state index contributed by atoms with van der Waals surface area (Å²) in [6.45, 7) is 0. The number of hydrogen-bond donors (Lipinski definition) is 1. The van der Waals surface area contributed by atoms with Gasteiger partial charge in [-0.05, 0) is 12.1 Å². The summed E-state index contributed by atoms with van der Waals surface area (Å²) in [5.41, 5.74) is -3.58. The molecule has 27 heavy (non-hydrogen) atoms. The molecule has 5 nitrogen and oxygen atoms in total. The highest BCUT2D eigenvalue weighted by Crippen LogP contribution is 2.29. The third-order valence-electron chi connectivity index (χ3n) is 3.55. The van der Waals surface area contributed by atoms with Crippen molar-refractivity contribution >= 4 is 17.1 Å². The van der Waals surface area contributed by atoms with Crippen molar-refractivity contribution in [1.29, 1.82) is 0 Å². The van der Waals surface area contributed by atoms with Gasteiger partial charge in [0.05, 0.1) is 22.8 Å². The maximum atomic E-state index is 14.3. The Kier molecular flexibility index (Phi) is 4.30. The molecule has 0 atom stereocenters. The van der Waals surface area contributed by atoms with E-state index in [4.69, 9.17) is 5.11 Å². The highest BCUT2D eigenvalue weighted by molar-refractivity contribution is 5.84. The van der Waals surface area contributed by atoms with Crippen LogP contribution in [0.15, 0.2) is 29.2 Å². The molecule has 1 heterocycles. The van der Waals surface area contributed by atoms with Gasteiger partial charge < -0.3 is 14.4 Å². The molecule has 0 amide bonds. The Bertz CT molecular complexity index is 1170. The summed E-state index contributed by atoms with van der Waals surface area (Å²) in [5, 5.41) is 7.22. The molecule has 3 rings (SSSR count). The number of hydrogen-bond acceptors (Lipinski definition) is 3. The predicted octanol–water partition coefficient (Wildman–Crippen LogP) is 3.88. The molecule has 0 aliphatic rings. The molecule has 0 unspecified atom stereocenters. The van der Waals surface area contributed by atoms with E-state index in [0.29, 0.717) is 22.9 Å². The van der Waals surface area contributed by atoms with E-state index in [1.807, 2.05) is 0 Å². The van der Waals surface area contributed by atoms with Crippen LogP contribution in [-0.4, -0.2) is 15.8 Å². The molecule has 140 valence electrons. The first-order valence-corrected chi connectivity index (χ1v) is 6.91. The third-order valence-corrected chi connectivity index (χ3v) is 3.55. The number of benzene rings is 2. The van der Waals surface area contributed by atoms with Crippen molar-refractivity contribution in [2.45, 2.75) is 0 Å². The van der Waals surface area contributed by atoms with Crippen molar-refractivity contribution < 1.29 is 41.0 Å². The summed E-state index contributed by atoms with van der Waals surface area (Å²) in [4.78, 5) is 22.9. The number of aromatic nitrogens is 1. The molecule has 0 saturated carbocycles. The molecule has 0 fully saturated rings. The van der Waals surface area contributed by atoms with Crippen LogP contribution in [-0.2, 0) is 0 Å². The molecule has 11 heteroatoms. The van der Waals surface area contributed by atoms with Crippen LogP contribution in [0, 0.1) is 34.9 Å². The lowest BCUT2D eigenvalue weighted by Crippen LogP contribution is -2.19. The van der Waals surface area contributed by atoms with Gasteiger partial charge in [-0.3, -0.25) is 4.79 Å². The van der Waals surface area contributed by atoms with Gasteiger partial charge in [-0.2, -0.15) is 0 Å². The van der Waals surface area contributed by atoms with Gasteiger partial charge in [0.15, 0.2) is 29.0 Å². The van der Waals surface area contributed by atoms with Gasteiger partial charge >= 0.3 is 6.16 Å². The fraction of sp³-hybridized carbons (Fsp3) is 0. The lowest BCUT2D eigenvalue weighted by atomic mass is 10.1. The first kappa shape index (κ1) is 18.3. The van der Waals surface area contributed by atoms with Gasteiger partial charge in [-0.25, -0.2) is 31.1 Å². The molecule has 1 aromatic heterocycles. The number of nitrogens with zero attached hydrogens (tertiary/aromatic N) is 1. The van der Waals surface area contributed by atoms with Crippen molar-refractivity contribution in [1.82, 2.24) is 4.57 Å². The first-order valence-electron chi connectivity index (χ1n) is 6.91. The highest BCUT2D eigenvalue weighted by Gasteiger charge is 2.28. The van der Waals surface area contributed by atoms with E-state index in [-0.39, 0.29) is 0 Å². The number of carboxylic acid groups (broad SMARTS) is 1. The molecule has 0 bridgehead atoms. The molecule has 0 radical (unpaired) electrons. The SMILES string of the molecule is O=C(O)Oc1cn(-c2ccc(F)cc2F)c2c(F)c(F)c(F)c(F)c2c1=O. The van der Waals surface area contributed by atoms with E-state index < -0.39 is 68.8 Å². The van der Waals surface area contributed by atoms with Crippen molar-refractivity contribution in [3.63, 3.8) is 0 Å². The molecular weight excluding hydrogens is 384 g/mol. The van der Waals surface area contributed by atoms with Crippen molar-refractivity contribution in [3.8, 4) is 11.4 Å². The molecule has 3 aromatic rings. The zero-order chi connectivity index (χ0) is 20.0. The van der Waals surface area contributed by atoms with Crippen LogP contribution in [0.25, 0.3) is 16.6 Å². The maximum absolute atomic E-state index is 14.3. The van der Waals surface area contributed by atoms with Crippen molar-refractivity contribution in [3.05, 3.63) is 69.5 Å². The first-order chi connectivity index (χ1) is 12.6. The standard InChI is InChI=1S/C16H5F6NO4/c17-5-1-2-7(6(18)3-5)23-4-8(27-16(25)26)15(24)9-10(19)11(20)12(21)13(22)14(9)23/h1-4H,(H,25,26). The van der Waals surface area contributed by atoms with Crippen LogP contribution in [0.5, 0.6) is 5.75 Å². The Morgan fingerprint density at radius 3 is 2.19 bits per heavy atom. The van der Waals surface area contributed by atoms with Gasteiger partial charge in [0.25, 0.3) is 0 Å². The van der Waals surface area contributed by atoms with E-state index in [9.17, 15) is 35.9 Å². The van der Waals surface area contributed by atoms with Gasteiger partial charge in [-0.1, -0.05) is 0 Å². The van der Waals surface area contributed by atoms with Gasteiger partial charge in [0.2, 0.25) is 5.43 Å². The Morgan fingerprint density at radius 1 is 0.963 bits per heavy atom. The molecule has 2 aromatic carbocycles. The second kappa shape index (κ2) is 6.34. The number of ether oxygens (including phenoxy) is 1. The van der Waals surface area contributed by atoms with Crippen LogP contribution < -0.4 is 10.2 Å². The molecular formula is C16H5F6NO4. The molecule has 0 aliphatic carbocycles. The summed E-state index contributed by atoms with van der Waals surface area (Å²) in [5.74, 6) is -12.4. The monoisotopic (exact) mass is 389 g/mol. The minimum Gasteiger partial charge on any atom is -0.449 e. The van der Waals surface area contributed by atoms with Crippen molar-refractivity contribution in [2.75, 3.05) is 0 Å². The third kappa shape index (κ3) is 2.86. The summed E-state index contributed by atoms with van der Waals surface area (Å²) < 4.78 is 87.2. The second-order valence-electron chi connectivity index (χ2n) is 5.14. The fourth-order valence-corrected chi connectivity index (χ4v) is 2.45. The van der Waals surface area contributed by atoms with Crippen LogP contribution in [0.3, 0.4) is 0 Å². The van der Waals surface area contributed by atoms with E-state index in [2.05, 4.69) is 4.74 Å². The second-order valence-corrected chi connectivity index (χ2v) is 5.14. The largest absolute Gasteiger partial charge is 0.511 e. The van der Waals surface area contributed by atoms with Crippen LogP contribution >= 0.6 is 0 Å². The van der Waals surface area contributed by atoms with Crippen molar-refractivity contribution in [2.24, 2.45) is 0 Å². The lowest BCUT2D eigenvalue weighted by molar-refractivity contribution is 0.144. The minimum absolute atomic E-state index is 0.310. The van der Waals surface area contributed by atoms with E-state index in [0.717, 1.165) is 6.07 Å². The molecule has 0 aliphatic heterocycles. The summed E-state index contributed by atoms with van der Waals surface area (Å²) in [6.07, 6.45) is -1.62. The minimum atomic E-state index is -2.34. The average Bonchev–Trinajstić information content (AvgIpc) is 2.59. The Morgan fingerprint density at radius 2 is 1.59 bits per heavy atom. The lowest BCUT2D eigenvalue weighted by Gasteiger charge is -2.15. The Labute approximate surface area is 144 Å². The zero-order valence-corrected chi connectivity index (χ0v) is 12.7. The number of fused-ring (bicyclic) bond motifs is 1. The van der Waals surface area contributed by atoms with Gasteiger partial charge in [0, 0.05) is 6.07 Å². The highest BCUT2D eigenvalue weighted by atomic mass is 19.2. The van der Waals surface area contributed by atoms with E-state index >= 15 is 0 Å². The number of pyridine rings is 1. The van der Waals surface area contributed by atoms with E-state index in [1.165, 1.54) is 0 Å². The Balaban J connectivity index is 2.57. The predicted molar refractivity (Wildman–Crippen MR) is 77.9 cm³/mol. The van der Waals surface area contributed by atoms with Gasteiger partial charge in [0.1, 0.15) is 11.6 Å². The summed E-state index contributed by atoms with van der Waals surface area (Å²) in [7, 11) is 0. The fourth-order valence-electron chi connectivity index (χ4n) is 2.45. The molecule has 0 spiro atoms. The Hall–Kier alpha value is -3.50. The van der Waals surface area contributed by atoms with Crippen LogP contribution in [0.1, 0.15) is 0 Å². The van der Waals surface area contributed by atoms with Crippen LogP contribution in [0.4, 0.5) is 31.1 Å². The number of rotatable bonds is 2. The number of halogens is 6. The normalized spacial score (nSPS) is 11.0. The summed E-state index contributed by atoms with van der Waals surface area (Å²) in [6, 6.07) is 1.76. The zero-order valence-electron chi connectivity index (χ0n) is 12.7. The summed E-state index contributed by atoms with van der Waals surface area (Å²) >= 11 is 0. The van der Waals surface area contributed by atoms with Crippen LogP contribution in [0.2, 0.25) is 0 Å². The molecule has 0 saturated heterocycles. The topological polar surface area (TPSA) is 68.5 Å².